The first-order chi connectivity index (χ1) is 16.0. The molecule has 4 aliphatic carbocycles. The minimum absolute atomic E-state index is 0.175. The molecule has 5 nitrogen and oxygen atoms in total. The van der Waals surface area contributed by atoms with Gasteiger partial charge in [-0.2, -0.15) is 0 Å². The van der Waals surface area contributed by atoms with Crippen molar-refractivity contribution >= 4 is 28.3 Å². The van der Waals surface area contributed by atoms with E-state index in [4.69, 9.17) is 4.98 Å². The third kappa shape index (κ3) is 5.08. The molecule has 0 radical (unpaired) electrons. The largest absolute Gasteiger partial charge is 0.369 e. The highest BCUT2D eigenvalue weighted by atomic mass is 16.1. The number of rotatable bonds is 9. The van der Waals surface area contributed by atoms with E-state index in [-0.39, 0.29) is 11.3 Å². The maximum atomic E-state index is 13.1. The highest BCUT2D eigenvalue weighted by Gasteiger charge is 2.51. The minimum Gasteiger partial charge on any atom is -0.369 e. The van der Waals surface area contributed by atoms with Crippen molar-refractivity contribution in [3.63, 3.8) is 0 Å². The number of amides is 1. The summed E-state index contributed by atoms with van der Waals surface area (Å²) in [5, 5.41) is 11.1. The fourth-order valence-electron chi connectivity index (χ4n) is 7.07. The van der Waals surface area contributed by atoms with E-state index in [1.165, 1.54) is 44.1 Å². The molecule has 4 fully saturated rings. The summed E-state index contributed by atoms with van der Waals surface area (Å²) in [7, 11) is 0. The van der Waals surface area contributed by atoms with E-state index in [1.807, 2.05) is 24.3 Å². The lowest BCUT2D eigenvalue weighted by atomic mass is 9.49. The number of anilines is 2. The van der Waals surface area contributed by atoms with Crippen molar-refractivity contribution < 1.29 is 4.79 Å². The maximum Gasteiger partial charge on any atom is 0.224 e. The van der Waals surface area contributed by atoms with Gasteiger partial charge in [0.2, 0.25) is 5.91 Å². The van der Waals surface area contributed by atoms with Gasteiger partial charge in [0.1, 0.15) is 5.82 Å². The molecule has 2 aromatic rings. The number of fused-ring (bicyclic) bond motifs is 1. The summed E-state index contributed by atoms with van der Waals surface area (Å²) in [5.41, 5.74) is 3.39. The summed E-state index contributed by atoms with van der Waals surface area (Å²) in [4.78, 5) is 17.9. The van der Waals surface area contributed by atoms with Crippen LogP contribution in [0.15, 0.2) is 42.0 Å². The van der Waals surface area contributed by atoms with Crippen LogP contribution in [0.1, 0.15) is 58.8 Å². The van der Waals surface area contributed by atoms with Gasteiger partial charge >= 0.3 is 0 Å². The number of nitrogens with zero attached hydrogens (tertiary/aromatic N) is 1. The van der Waals surface area contributed by atoms with Gasteiger partial charge in [0.05, 0.1) is 11.2 Å². The van der Waals surface area contributed by atoms with Gasteiger partial charge in [-0.15, -0.1) is 0 Å². The molecular formula is C28H38N4O. The number of carbonyl (C=O) groups is 1. The smallest absolute Gasteiger partial charge is 0.224 e. The van der Waals surface area contributed by atoms with Crippen LogP contribution in [0, 0.1) is 23.2 Å². The Kier molecular flexibility index (Phi) is 6.42. The molecule has 0 spiro atoms. The summed E-state index contributed by atoms with van der Waals surface area (Å²) in [6.45, 7) is 6.80. The molecule has 4 bridgehead atoms. The zero-order valence-corrected chi connectivity index (χ0v) is 20.1. The third-order valence-electron chi connectivity index (χ3n) is 8.21. The van der Waals surface area contributed by atoms with Gasteiger partial charge in [-0.25, -0.2) is 4.98 Å². The van der Waals surface area contributed by atoms with Crippen LogP contribution in [-0.2, 0) is 4.79 Å². The lowest BCUT2D eigenvalue weighted by Gasteiger charge is -2.56. The minimum atomic E-state index is 0.175. The third-order valence-corrected chi connectivity index (χ3v) is 8.21. The Hall–Kier alpha value is -2.40. The second kappa shape index (κ2) is 9.46. The quantitative estimate of drug-likeness (QED) is 0.339. The van der Waals surface area contributed by atoms with Gasteiger partial charge in [-0.1, -0.05) is 17.7 Å². The topological polar surface area (TPSA) is 66.0 Å². The van der Waals surface area contributed by atoms with Gasteiger partial charge in [0, 0.05) is 31.4 Å². The normalized spacial score (nSPS) is 28.3. The first-order valence-corrected chi connectivity index (χ1v) is 12.8. The number of hydrogen-bond donors (Lipinski definition) is 3. The van der Waals surface area contributed by atoms with Crippen molar-refractivity contribution in [1.82, 2.24) is 10.3 Å². The maximum absolute atomic E-state index is 13.1. The van der Waals surface area contributed by atoms with E-state index in [0.717, 1.165) is 59.8 Å². The lowest BCUT2D eigenvalue weighted by molar-refractivity contribution is -0.124. The van der Waals surface area contributed by atoms with Crippen LogP contribution in [-0.4, -0.2) is 30.5 Å². The Morgan fingerprint density at radius 3 is 2.48 bits per heavy atom. The summed E-state index contributed by atoms with van der Waals surface area (Å²) in [5.74, 6) is 3.66. The molecule has 1 amide bonds. The van der Waals surface area contributed by atoms with Crippen molar-refractivity contribution in [2.75, 3.05) is 30.3 Å². The molecule has 4 aliphatic rings. The number of hydrogen-bond acceptors (Lipinski definition) is 4. The van der Waals surface area contributed by atoms with Crippen LogP contribution in [0.25, 0.3) is 10.9 Å². The molecular weight excluding hydrogens is 408 g/mol. The lowest BCUT2D eigenvalue weighted by Crippen LogP contribution is -2.47. The molecule has 0 atom stereocenters. The molecule has 1 aromatic heterocycles. The molecule has 176 valence electrons. The Bertz CT molecular complexity index is 1010. The average Bonchev–Trinajstić information content (AvgIpc) is 2.77. The Labute approximate surface area is 197 Å². The van der Waals surface area contributed by atoms with Crippen molar-refractivity contribution in [3.8, 4) is 0 Å². The van der Waals surface area contributed by atoms with E-state index in [1.54, 1.807) is 0 Å². The van der Waals surface area contributed by atoms with E-state index in [0.29, 0.717) is 6.42 Å². The van der Waals surface area contributed by atoms with Gasteiger partial charge in [-0.3, -0.25) is 4.79 Å². The van der Waals surface area contributed by atoms with Crippen molar-refractivity contribution in [2.45, 2.75) is 58.8 Å². The van der Waals surface area contributed by atoms with Crippen LogP contribution in [0.3, 0.4) is 0 Å². The van der Waals surface area contributed by atoms with Crippen molar-refractivity contribution in [2.24, 2.45) is 23.2 Å². The highest BCUT2D eigenvalue weighted by Crippen LogP contribution is 2.61. The van der Waals surface area contributed by atoms with Crippen molar-refractivity contribution in [3.05, 3.63) is 42.0 Å². The van der Waals surface area contributed by atoms with E-state index in [9.17, 15) is 4.79 Å². The zero-order chi connectivity index (χ0) is 22.8. The number of allylic oxidation sites excluding steroid dienone is 1. The fourth-order valence-corrected chi connectivity index (χ4v) is 7.07. The number of aromatic nitrogens is 1. The first-order valence-electron chi connectivity index (χ1n) is 12.8. The predicted octanol–water partition coefficient (Wildman–Crippen LogP) is 5.75. The first kappa shape index (κ1) is 22.4. The standard InChI is InChI=1S/C28H38N4O/c1-3-19(2)18-29-9-10-30-26-8-7-23-24(31-26)5-4-6-25(23)32-27(33)17-28-14-20-11-21(15-28)13-22(12-20)16-28/h3-8,20-22,29H,9-18H2,1-2H3,(H,30,31)(H,32,33)/b19-3+. The average molecular weight is 447 g/mol. The monoisotopic (exact) mass is 446 g/mol. The molecule has 1 aromatic carbocycles. The molecule has 0 aliphatic heterocycles. The van der Waals surface area contributed by atoms with E-state index >= 15 is 0 Å². The predicted molar refractivity (Wildman–Crippen MR) is 136 cm³/mol. The SMILES string of the molecule is C/C=C(\C)CNCCNc1ccc2c(NC(=O)CC34CC5CC(CC(C5)C3)C4)cccc2n1. The Morgan fingerprint density at radius 2 is 1.79 bits per heavy atom. The number of carbonyl (C=O) groups excluding carboxylic acids is 1. The van der Waals surface area contributed by atoms with Crippen molar-refractivity contribution in [1.29, 1.82) is 0 Å². The molecule has 0 saturated heterocycles. The summed E-state index contributed by atoms with van der Waals surface area (Å²) >= 11 is 0. The fraction of sp³-hybridized carbons (Fsp3) is 0.571. The molecule has 3 N–H and O–H groups in total. The van der Waals surface area contributed by atoms with Crippen LogP contribution >= 0.6 is 0 Å². The van der Waals surface area contributed by atoms with Crippen LogP contribution in [0.5, 0.6) is 0 Å². The molecule has 1 heterocycles. The number of benzene rings is 1. The molecule has 5 heteroatoms. The van der Waals surface area contributed by atoms with Crippen LogP contribution < -0.4 is 16.0 Å². The number of pyridine rings is 1. The van der Waals surface area contributed by atoms with Gasteiger partial charge in [-0.05, 0) is 99.8 Å². The second-order valence-corrected chi connectivity index (χ2v) is 10.9. The van der Waals surface area contributed by atoms with E-state index in [2.05, 4.69) is 41.9 Å². The molecule has 4 saturated carbocycles. The summed E-state index contributed by atoms with van der Waals surface area (Å²) in [6.07, 6.45) is 10.8. The summed E-state index contributed by atoms with van der Waals surface area (Å²) < 4.78 is 0. The van der Waals surface area contributed by atoms with Crippen LogP contribution in [0.4, 0.5) is 11.5 Å². The van der Waals surface area contributed by atoms with Gasteiger partial charge < -0.3 is 16.0 Å². The van der Waals surface area contributed by atoms with Gasteiger partial charge in [0.15, 0.2) is 0 Å². The van der Waals surface area contributed by atoms with Gasteiger partial charge in [0.25, 0.3) is 0 Å². The second-order valence-electron chi connectivity index (χ2n) is 10.9. The number of nitrogens with one attached hydrogen (secondary N) is 3. The Balaban J connectivity index is 1.20. The van der Waals surface area contributed by atoms with Crippen LogP contribution in [0.2, 0.25) is 0 Å². The zero-order valence-electron chi connectivity index (χ0n) is 20.1. The molecule has 33 heavy (non-hydrogen) atoms. The summed E-state index contributed by atoms with van der Waals surface area (Å²) in [6, 6.07) is 10.1. The molecule has 6 rings (SSSR count). The Morgan fingerprint density at radius 1 is 1.06 bits per heavy atom. The highest BCUT2D eigenvalue weighted by molar-refractivity contribution is 6.01. The van der Waals surface area contributed by atoms with E-state index < -0.39 is 0 Å². The molecule has 0 unspecified atom stereocenters.